The smallest absolute Gasteiger partial charge is 0.244 e. The summed E-state index contributed by atoms with van der Waals surface area (Å²) in [6.45, 7) is 1.22. The molecule has 0 saturated heterocycles. The summed E-state index contributed by atoms with van der Waals surface area (Å²) in [5.74, 6) is -0.545. The third-order valence-electron chi connectivity index (χ3n) is 2.66. The zero-order valence-corrected chi connectivity index (χ0v) is 14.0. The predicted octanol–water partition coefficient (Wildman–Crippen LogP) is 1.29. The van der Waals surface area contributed by atoms with Gasteiger partial charge in [-0.15, -0.1) is 12.4 Å². The molecule has 1 rings (SSSR count). The van der Waals surface area contributed by atoms with E-state index in [1.54, 1.807) is 0 Å². The van der Waals surface area contributed by atoms with Crippen LogP contribution in [0.15, 0.2) is 23.1 Å². The molecule has 0 amide bonds. The van der Waals surface area contributed by atoms with Crippen LogP contribution in [0.3, 0.4) is 0 Å². The van der Waals surface area contributed by atoms with Gasteiger partial charge in [0.2, 0.25) is 10.0 Å². The molecule has 0 aliphatic carbocycles. The summed E-state index contributed by atoms with van der Waals surface area (Å²) in [6.07, 6.45) is 1.33. The second-order valence-corrected chi connectivity index (χ2v) is 6.06. The van der Waals surface area contributed by atoms with E-state index >= 15 is 0 Å². The van der Waals surface area contributed by atoms with Crippen molar-refractivity contribution in [2.24, 2.45) is 5.73 Å². The molecule has 22 heavy (non-hydrogen) atoms. The first-order valence-electron chi connectivity index (χ1n) is 6.62. The summed E-state index contributed by atoms with van der Waals surface area (Å²) in [6, 6.07) is 3.38. The van der Waals surface area contributed by atoms with Gasteiger partial charge in [-0.1, -0.05) is 0 Å². The predicted molar refractivity (Wildman–Crippen MR) is 84.5 cm³/mol. The molecule has 128 valence electrons. The Morgan fingerprint density at radius 1 is 1.27 bits per heavy atom. The molecule has 0 spiro atoms. The van der Waals surface area contributed by atoms with Gasteiger partial charge in [-0.05, 0) is 37.6 Å². The Labute approximate surface area is 136 Å². The van der Waals surface area contributed by atoms with Crippen LogP contribution in [-0.4, -0.2) is 41.8 Å². The third kappa shape index (κ3) is 6.89. The molecule has 3 N–H and O–H groups in total. The molecular weight excluding hydrogens is 335 g/mol. The van der Waals surface area contributed by atoms with Crippen LogP contribution in [0.1, 0.15) is 12.8 Å². The highest BCUT2D eigenvalue weighted by Crippen LogP contribution is 2.24. The standard InChI is InChI=1S/C13H21FN2O4S.ClH/c1-19-8-9-20-12-5-4-11(14)10-13(12)21(17,18)16-7-3-2-6-15;/h4-5,10,16H,2-3,6-9,15H2,1H3;1H. The fourth-order valence-electron chi connectivity index (χ4n) is 1.60. The molecule has 0 atom stereocenters. The van der Waals surface area contributed by atoms with E-state index in [9.17, 15) is 12.8 Å². The van der Waals surface area contributed by atoms with Crippen molar-refractivity contribution in [3.05, 3.63) is 24.0 Å². The van der Waals surface area contributed by atoms with Crippen molar-refractivity contribution in [1.82, 2.24) is 4.72 Å². The average Bonchev–Trinajstić information content (AvgIpc) is 2.45. The molecule has 1 aromatic carbocycles. The minimum atomic E-state index is -3.83. The van der Waals surface area contributed by atoms with Crippen molar-refractivity contribution in [3.63, 3.8) is 0 Å². The van der Waals surface area contributed by atoms with Crippen LogP contribution in [0.5, 0.6) is 5.75 Å². The van der Waals surface area contributed by atoms with Crippen molar-refractivity contribution < 1.29 is 22.3 Å². The first-order valence-corrected chi connectivity index (χ1v) is 8.10. The fourth-order valence-corrected chi connectivity index (χ4v) is 2.83. The molecule has 0 aromatic heterocycles. The highest BCUT2D eigenvalue weighted by atomic mass is 35.5. The maximum Gasteiger partial charge on any atom is 0.244 e. The Morgan fingerprint density at radius 2 is 2.00 bits per heavy atom. The van der Waals surface area contributed by atoms with Crippen LogP contribution in [0.2, 0.25) is 0 Å². The zero-order chi connectivity index (χ0) is 15.7. The van der Waals surface area contributed by atoms with E-state index < -0.39 is 15.8 Å². The van der Waals surface area contributed by atoms with Gasteiger partial charge in [0.25, 0.3) is 0 Å². The minimum absolute atomic E-state index is 0. The van der Waals surface area contributed by atoms with E-state index in [1.165, 1.54) is 13.2 Å². The first kappa shape index (κ1) is 21.1. The van der Waals surface area contributed by atoms with Gasteiger partial charge in [-0.2, -0.15) is 0 Å². The van der Waals surface area contributed by atoms with Gasteiger partial charge in [0.1, 0.15) is 23.1 Å². The Kier molecular flexibility index (Phi) is 10.3. The Bertz CT molecular complexity index is 543. The molecule has 0 saturated carbocycles. The SMILES string of the molecule is COCCOc1ccc(F)cc1S(=O)(=O)NCCCCN.Cl. The molecule has 0 bridgehead atoms. The second kappa shape index (κ2) is 10.7. The van der Waals surface area contributed by atoms with E-state index in [1.807, 2.05) is 0 Å². The van der Waals surface area contributed by atoms with Gasteiger partial charge >= 0.3 is 0 Å². The number of hydrogen-bond acceptors (Lipinski definition) is 5. The van der Waals surface area contributed by atoms with Gasteiger partial charge < -0.3 is 15.2 Å². The molecule has 1 aromatic rings. The van der Waals surface area contributed by atoms with Crippen LogP contribution in [0.4, 0.5) is 4.39 Å². The first-order chi connectivity index (χ1) is 10.0. The lowest BCUT2D eigenvalue weighted by Crippen LogP contribution is -2.26. The van der Waals surface area contributed by atoms with Crippen LogP contribution in [0.25, 0.3) is 0 Å². The van der Waals surface area contributed by atoms with Gasteiger partial charge in [-0.3, -0.25) is 0 Å². The van der Waals surface area contributed by atoms with Crippen LogP contribution in [0, 0.1) is 5.82 Å². The number of halogens is 2. The Hall–Kier alpha value is -0.930. The van der Waals surface area contributed by atoms with Gasteiger partial charge in [0, 0.05) is 13.7 Å². The number of benzene rings is 1. The van der Waals surface area contributed by atoms with E-state index in [2.05, 4.69) is 4.72 Å². The molecule has 6 nitrogen and oxygen atoms in total. The van der Waals surface area contributed by atoms with Gasteiger partial charge in [0.15, 0.2) is 0 Å². The van der Waals surface area contributed by atoms with Crippen LogP contribution >= 0.6 is 12.4 Å². The van der Waals surface area contributed by atoms with Crippen molar-refractivity contribution in [2.45, 2.75) is 17.7 Å². The summed E-state index contributed by atoms with van der Waals surface area (Å²) in [5, 5.41) is 0. The Balaban J connectivity index is 0.00000441. The lowest BCUT2D eigenvalue weighted by molar-refractivity contribution is 0.144. The highest BCUT2D eigenvalue weighted by molar-refractivity contribution is 7.89. The lowest BCUT2D eigenvalue weighted by atomic mass is 10.3. The number of nitrogens with two attached hydrogens (primary N) is 1. The maximum absolute atomic E-state index is 13.3. The molecule has 0 aliphatic heterocycles. The number of sulfonamides is 1. The number of hydrogen-bond donors (Lipinski definition) is 2. The highest BCUT2D eigenvalue weighted by Gasteiger charge is 2.20. The van der Waals surface area contributed by atoms with E-state index in [0.717, 1.165) is 12.1 Å². The molecule has 9 heteroatoms. The summed E-state index contributed by atoms with van der Waals surface area (Å²) < 4.78 is 50.2. The molecule has 0 radical (unpaired) electrons. The largest absolute Gasteiger partial charge is 0.490 e. The minimum Gasteiger partial charge on any atom is -0.490 e. The van der Waals surface area contributed by atoms with E-state index in [-0.39, 0.29) is 36.2 Å². The molecular formula is C13H22ClFN2O4S. The number of rotatable bonds is 10. The van der Waals surface area contributed by atoms with Crippen molar-refractivity contribution in [2.75, 3.05) is 33.4 Å². The number of methoxy groups -OCH3 is 1. The van der Waals surface area contributed by atoms with Gasteiger partial charge in [-0.25, -0.2) is 17.5 Å². The topological polar surface area (TPSA) is 90.6 Å². The molecule has 0 aliphatic rings. The molecule has 0 heterocycles. The second-order valence-electron chi connectivity index (χ2n) is 4.33. The molecule has 0 unspecified atom stereocenters. The van der Waals surface area contributed by atoms with Crippen molar-refractivity contribution in [1.29, 1.82) is 0 Å². The molecule has 0 fully saturated rings. The maximum atomic E-state index is 13.3. The average molecular weight is 357 g/mol. The Morgan fingerprint density at radius 3 is 2.64 bits per heavy atom. The number of ether oxygens (including phenoxy) is 2. The van der Waals surface area contributed by atoms with Crippen LogP contribution in [-0.2, 0) is 14.8 Å². The third-order valence-corrected chi connectivity index (χ3v) is 4.15. The summed E-state index contributed by atoms with van der Waals surface area (Å²) in [4.78, 5) is -0.216. The number of nitrogens with one attached hydrogen (secondary N) is 1. The quantitative estimate of drug-likeness (QED) is 0.616. The lowest BCUT2D eigenvalue weighted by Gasteiger charge is -2.12. The fraction of sp³-hybridized carbons (Fsp3) is 0.538. The zero-order valence-electron chi connectivity index (χ0n) is 12.4. The van der Waals surface area contributed by atoms with Crippen molar-refractivity contribution >= 4 is 22.4 Å². The summed E-state index contributed by atoms with van der Waals surface area (Å²) in [5.41, 5.74) is 5.34. The number of unbranched alkanes of at least 4 members (excludes halogenated alkanes) is 1. The van der Waals surface area contributed by atoms with E-state index in [4.69, 9.17) is 15.2 Å². The van der Waals surface area contributed by atoms with Crippen LogP contribution < -0.4 is 15.2 Å². The monoisotopic (exact) mass is 356 g/mol. The van der Waals surface area contributed by atoms with Gasteiger partial charge in [0.05, 0.1) is 6.61 Å². The summed E-state index contributed by atoms with van der Waals surface area (Å²) >= 11 is 0. The summed E-state index contributed by atoms with van der Waals surface area (Å²) in [7, 11) is -2.32. The normalized spacial score (nSPS) is 11.0. The van der Waals surface area contributed by atoms with Crippen molar-refractivity contribution in [3.8, 4) is 5.75 Å². The van der Waals surface area contributed by atoms with E-state index in [0.29, 0.717) is 26.0 Å².